The molecule has 7 heteroatoms. The van der Waals surface area contributed by atoms with Crippen LogP contribution in [0, 0.1) is 12.8 Å². The highest BCUT2D eigenvalue weighted by Crippen LogP contribution is 2.28. The van der Waals surface area contributed by atoms with E-state index < -0.39 is 6.10 Å². The zero-order chi connectivity index (χ0) is 17.6. The molecule has 1 aliphatic rings. The number of amides is 1. The van der Waals surface area contributed by atoms with Crippen molar-refractivity contribution in [2.45, 2.75) is 44.9 Å². The number of hydrogen-bond acceptors (Lipinski definition) is 5. The van der Waals surface area contributed by atoms with Crippen LogP contribution < -0.4 is 10.1 Å². The van der Waals surface area contributed by atoms with Crippen molar-refractivity contribution in [3.8, 4) is 5.75 Å². The molecule has 1 aliphatic carbocycles. The Morgan fingerprint density at radius 2 is 2.16 bits per heavy atom. The van der Waals surface area contributed by atoms with Gasteiger partial charge in [0.1, 0.15) is 18.4 Å². The van der Waals surface area contributed by atoms with Gasteiger partial charge in [-0.15, -0.1) is 5.10 Å². The lowest BCUT2D eigenvalue weighted by Crippen LogP contribution is -2.46. The molecule has 7 nitrogen and oxygen atoms in total. The van der Waals surface area contributed by atoms with Crippen LogP contribution >= 0.6 is 0 Å². The third-order valence-corrected chi connectivity index (χ3v) is 4.48. The van der Waals surface area contributed by atoms with Crippen LogP contribution in [0.15, 0.2) is 36.5 Å². The number of aliphatic hydroxyl groups excluding tert-OH is 1. The van der Waals surface area contributed by atoms with E-state index in [9.17, 15) is 9.90 Å². The van der Waals surface area contributed by atoms with Gasteiger partial charge in [-0.2, -0.15) is 0 Å². The summed E-state index contributed by atoms with van der Waals surface area (Å²) in [5, 5.41) is 21.2. The number of benzene rings is 1. The molecule has 0 unspecified atom stereocenters. The molecule has 0 aliphatic heterocycles. The number of aromatic nitrogens is 3. The van der Waals surface area contributed by atoms with E-state index in [-0.39, 0.29) is 24.5 Å². The third-order valence-electron chi connectivity index (χ3n) is 4.48. The standard InChI is InChI=1S/C18H24N4O3/c1-13-11-22(21-20-13)12-17(23)19-10-14-6-5-9-16(18(14)24)25-15-7-3-2-4-8-15/h2-4,7-8,11,14,16,18,24H,5-6,9-10,12H2,1H3,(H,19,23)/t14-,16-,18-/m1/s1. The number of nitrogens with zero attached hydrogens (tertiary/aromatic N) is 3. The molecule has 0 saturated heterocycles. The fourth-order valence-electron chi connectivity index (χ4n) is 3.17. The average molecular weight is 344 g/mol. The van der Waals surface area contributed by atoms with E-state index in [1.807, 2.05) is 37.3 Å². The van der Waals surface area contributed by atoms with Crippen molar-refractivity contribution in [2.24, 2.45) is 5.92 Å². The number of carbonyl (C=O) groups is 1. The van der Waals surface area contributed by atoms with Gasteiger partial charge in [0.05, 0.1) is 11.8 Å². The summed E-state index contributed by atoms with van der Waals surface area (Å²) >= 11 is 0. The summed E-state index contributed by atoms with van der Waals surface area (Å²) in [4.78, 5) is 12.0. The zero-order valence-corrected chi connectivity index (χ0v) is 14.3. The third kappa shape index (κ3) is 4.79. The van der Waals surface area contributed by atoms with Gasteiger partial charge in [-0.1, -0.05) is 23.4 Å². The van der Waals surface area contributed by atoms with Crippen molar-refractivity contribution in [3.05, 3.63) is 42.2 Å². The van der Waals surface area contributed by atoms with E-state index in [1.165, 1.54) is 4.68 Å². The summed E-state index contributed by atoms with van der Waals surface area (Å²) in [5.74, 6) is 0.616. The SMILES string of the molecule is Cc1cn(CC(=O)NC[C@H]2CCC[C@@H](Oc3ccccc3)[C@@H]2O)nn1. The van der Waals surface area contributed by atoms with Crippen molar-refractivity contribution in [2.75, 3.05) is 6.54 Å². The number of aliphatic hydroxyl groups is 1. The van der Waals surface area contributed by atoms with Crippen molar-refractivity contribution < 1.29 is 14.6 Å². The van der Waals surface area contributed by atoms with E-state index in [0.717, 1.165) is 30.7 Å². The first-order chi connectivity index (χ1) is 12.1. The molecule has 1 fully saturated rings. The Kier molecular flexibility index (Phi) is 5.65. The van der Waals surface area contributed by atoms with Gasteiger partial charge in [0.25, 0.3) is 0 Å². The molecule has 1 amide bonds. The van der Waals surface area contributed by atoms with Crippen LogP contribution in [0.25, 0.3) is 0 Å². The Balaban J connectivity index is 1.49. The highest BCUT2D eigenvalue weighted by molar-refractivity contribution is 5.75. The minimum Gasteiger partial charge on any atom is -0.488 e. The predicted molar refractivity (Wildman–Crippen MR) is 92.0 cm³/mol. The van der Waals surface area contributed by atoms with Crippen molar-refractivity contribution in [1.82, 2.24) is 20.3 Å². The second-order valence-electron chi connectivity index (χ2n) is 6.51. The number of rotatable bonds is 6. The molecule has 2 N–H and O–H groups in total. The minimum absolute atomic E-state index is 0.0103. The Morgan fingerprint density at radius 3 is 2.88 bits per heavy atom. The molecule has 0 spiro atoms. The molecule has 25 heavy (non-hydrogen) atoms. The molecule has 3 atom stereocenters. The summed E-state index contributed by atoms with van der Waals surface area (Å²) < 4.78 is 7.42. The second-order valence-corrected chi connectivity index (χ2v) is 6.51. The van der Waals surface area contributed by atoms with Crippen LogP contribution in [0.2, 0.25) is 0 Å². The fourth-order valence-corrected chi connectivity index (χ4v) is 3.17. The monoisotopic (exact) mass is 344 g/mol. The van der Waals surface area contributed by atoms with Gasteiger partial charge in [-0.3, -0.25) is 4.79 Å². The number of hydrogen-bond donors (Lipinski definition) is 2. The van der Waals surface area contributed by atoms with Crippen LogP contribution in [-0.2, 0) is 11.3 Å². The summed E-state index contributed by atoms with van der Waals surface area (Å²) in [5.41, 5.74) is 0.774. The maximum Gasteiger partial charge on any atom is 0.241 e. The van der Waals surface area contributed by atoms with Crippen LogP contribution in [0.3, 0.4) is 0 Å². The van der Waals surface area contributed by atoms with E-state index in [1.54, 1.807) is 6.20 Å². The molecule has 134 valence electrons. The highest BCUT2D eigenvalue weighted by Gasteiger charge is 2.33. The van der Waals surface area contributed by atoms with Gasteiger partial charge in [-0.25, -0.2) is 4.68 Å². The zero-order valence-electron chi connectivity index (χ0n) is 14.3. The summed E-state index contributed by atoms with van der Waals surface area (Å²) in [7, 11) is 0. The first-order valence-electron chi connectivity index (χ1n) is 8.65. The topological polar surface area (TPSA) is 89.3 Å². The molecule has 2 aromatic rings. The molecular formula is C18H24N4O3. The minimum atomic E-state index is -0.595. The van der Waals surface area contributed by atoms with E-state index in [2.05, 4.69) is 15.6 Å². The van der Waals surface area contributed by atoms with Crippen molar-refractivity contribution >= 4 is 5.91 Å². The number of nitrogens with one attached hydrogen (secondary N) is 1. The highest BCUT2D eigenvalue weighted by atomic mass is 16.5. The lowest BCUT2D eigenvalue weighted by atomic mass is 9.84. The number of aryl methyl sites for hydroxylation is 1. The molecule has 1 aromatic carbocycles. The Morgan fingerprint density at radius 1 is 1.36 bits per heavy atom. The Labute approximate surface area is 147 Å². The van der Waals surface area contributed by atoms with Gasteiger partial charge >= 0.3 is 0 Å². The molecule has 1 saturated carbocycles. The molecule has 1 heterocycles. The van der Waals surface area contributed by atoms with Crippen LogP contribution in [0.1, 0.15) is 25.0 Å². The van der Waals surface area contributed by atoms with Gasteiger partial charge < -0.3 is 15.2 Å². The molecule has 0 radical (unpaired) electrons. The largest absolute Gasteiger partial charge is 0.488 e. The second kappa shape index (κ2) is 8.11. The van der Waals surface area contributed by atoms with Gasteiger partial charge in [0.15, 0.2) is 0 Å². The first kappa shape index (κ1) is 17.4. The Hall–Kier alpha value is -2.41. The van der Waals surface area contributed by atoms with Crippen molar-refractivity contribution in [3.63, 3.8) is 0 Å². The van der Waals surface area contributed by atoms with Crippen LogP contribution in [0.5, 0.6) is 5.75 Å². The number of para-hydroxylation sites is 1. The van der Waals surface area contributed by atoms with Crippen LogP contribution in [0.4, 0.5) is 0 Å². The van der Waals surface area contributed by atoms with Crippen LogP contribution in [-0.4, -0.2) is 44.8 Å². The first-order valence-corrected chi connectivity index (χ1v) is 8.65. The molecule has 1 aromatic heterocycles. The van der Waals surface area contributed by atoms with E-state index in [0.29, 0.717) is 6.54 Å². The lowest BCUT2D eigenvalue weighted by Gasteiger charge is -2.35. The van der Waals surface area contributed by atoms with Gasteiger partial charge in [0.2, 0.25) is 5.91 Å². The fraction of sp³-hybridized carbons (Fsp3) is 0.500. The smallest absolute Gasteiger partial charge is 0.241 e. The quantitative estimate of drug-likeness (QED) is 0.825. The van der Waals surface area contributed by atoms with Crippen molar-refractivity contribution in [1.29, 1.82) is 0 Å². The van der Waals surface area contributed by atoms with Gasteiger partial charge in [-0.05, 0) is 38.3 Å². The van der Waals surface area contributed by atoms with E-state index in [4.69, 9.17) is 4.74 Å². The maximum atomic E-state index is 12.0. The number of ether oxygens (including phenoxy) is 1. The maximum absolute atomic E-state index is 12.0. The van der Waals surface area contributed by atoms with Gasteiger partial charge in [0, 0.05) is 18.7 Å². The molecule has 0 bridgehead atoms. The normalized spacial score (nSPS) is 23.2. The Bertz CT molecular complexity index is 689. The predicted octanol–water partition coefficient (Wildman–Crippen LogP) is 1.31. The molecule has 3 rings (SSSR count). The summed E-state index contributed by atoms with van der Waals surface area (Å²) in [6.07, 6.45) is 3.55. The number of carbonyl (C=O) groups excluding carboxylic acids is 1. The summed E-state index contributed by atoms with van der Waals surface area (Å²) in [6.45, 7) is 2.39. The summed E-state index contributed by atoms with van der Waals surface area (Å²) in [6, 6.07) is 9.53. The average Bonchev–Trinajstić information content (AvgIpc) is 3.01. The lowest BCUT2D eigenvalue weighted by molar-refractivity contribution is -0.122. The van der Waals surface area contributed by atoms with E-state index >= 15 is 0 Å². The molecular weight excluding hydrogens is 320 g/mol.